The molecule has 4 heteroatoms. The zero-order valence-corrected chi connectivity index (χ0v) is 16.4. The van der Waals surface area contributed by atoms with Gasteiger partial charge in [0.2, 0.25) is 0 Å². The number of aliphatic hydroxyl groups excluding tert-OH is 2. The van der Waals surface area contributed by atoms with Gasteiger partial charge < -0.3 is 15.3 Å². The van der Waals surface area contributed by atoms with Crippen molar-refractivity contribution >= 4 is 5.78 Å². The van der Waals surface area contributed by atoms with Gasteiger partial charge in [-0.25, -0.2) is 0 Å². The van der Waals surface area contributed by atoms with E-state index in [0.29, 0.717) is 31.1 Å². The summed E-state index contributed by atoms with van der Waals surface area (Å²) in [6.07, 6.45) is 7.05. The van der Waals surface area contributed by atoms with E-state index >= 15 is 0 Å². The van der Waals surface area contributed by atoms with Crippen molar-refractivity contribution in [3.8, 4) is 0 Å². The summed E-state index contributed by atoms with van der Waals surface area (Å²) in [5, 5.41) is 32.5. The van der Waals surface area contributed by atoms with Crippen LogP contribution >= 0.6 is 0 Å². The maximum absolute atomic E-state index is 11.9. The first-order valence-electron chi connectivity index (χ1n) is 10.4. The number of carbonyl (C=O) groups is 1. The average Bonchev–Trinajstić information content (AvgIpc) is 2.86. The highest BCUT2D eigenvalue weighted by atomic mass is 16.3. The van der Waals surface area contributed by atoms with E-state index in [-0.39, 0.29) is 35.1 Å². The minimum atomic E-state index is -0.905. The van der Waals surface area contributed by atoms with Crippen LogP contribution in [0.1, 0.15) is 65.7 Å². The van der Waals surface area contributed by atoms with Crippen molar-refractivity contribution in [2.75, 3.05) is 6.61 Å². The molecule has 4 aliphatic carbocycles. The van der Waals surface area contributed by atoms with Gasteiger partial charge in [0.25, 0.3) is 0 Å². The van der Waals surface area contributed by atoms with Crippen molar-refractivity contribution in [3.63, 3.8) is 0 Å². The van der Waals surface area contributed by atoms with Crippen molar-refractivity contribution < 1.29 is 20.1 Å². The lowest BCUT2D eigenvalue weighted by Gasteiger charge is -2.61. The molecule has 26 heavy (non-hydrogen) atoms. The highest BCUT2D eigenvalue weighted by Gasteiger charge is 2.67. The highest BCUT2D eigenvalue weighted by molar-refractivity contribution is 5.91. The van der Waals surface area contributed by atoms with Gasteiger partial charge in [0.05, 0.1) is 11.7 Å². The maximum atomic E-state index is 11.9. The largest absolute Gasteiger partial charge is 0.396 e. The van der Waals surface area contributed by atoms with E-state index in [4.69, 9.17) is 0 Å². The predicted octanol–water partition coefficient (Wildman–Crippen LogP) is 2.85. The first-order valence-corrected chi connectivity index (χ1v) is 10.4. The van der Waals surface area contributed by atoms with Gasteiger partial charge in [-0.15, -0.1) is 0 Å². The molecule has 0 spiro atoms. The maximum Gasteiger partial charge on any atom is 0.155 e. The molecule has 4 nitrogen and oxygen atoms in total. The molecule has 0 aromatic heterocycles. The van der Waals surface area contributed by atoms with Gasteiger partial charge in [0.15, 0.2) is 5.78 Å². The molecule has 0 heterocycles. The molecule has 4 rings (SSSR count). The Kier molecular flexibility index (Phi) is 4.22. The molecule has 0 aromatic rings. The molecule has 3 saturated carbocycles. The Balaban J connectivity index is 1.72. The van der Waals surface area contributed by atoms with Crippen molar-refractivity contribution in [2.45, 2.75) is 77.4 Å². The van der Waals surface area contributed by atoms with Crippen molar-refractivity contribution in [1.29, 1.82) is 0 Å². The molecule has 0 aromatic carbocycles. The molecule has 1 unspecified atom stereocenters. The first-order chi connectivity index (χ1) is 12.2. The fourth-order valence-electron chi connectivity index (χ4n) is 7.69. The van der Waals surface area contributed by atoms with E-state index < -0.39 is 11.7 Å². The summed E-state index contributed by atoms with van der Waals surface area (Å²) in [6, 6.07) is 0. The molecule has 4 aliphatic rings. The van der Waals surface area contributed by atoms with E-state index in [1.165, 1.54) is 5.57 Å². The van der Waals surface area contributed by atoms with Crippen LogP contribution in [-0.4, -0.2) is 39.4 Å². The van der Waals surface area contributed by atoms with E-state index in [2.05, 4.69) is 13.8 Å². The predicted molar refractivity (Wildman–Crippen MR) is 99.3 cm³/mol. The molecular weight excluding hydrogens is 328 g/mol. The van der Waals surface area contributed by atoms with Gasteiger partial charge in [-0.1, -0.05) is 26.3 Å². The molecule has 3 N–H and O–H groups in total. The highest BCUT2D eigenvalue weighted by Crippen LogP contribution is 2.68. The number of fused-ring (bicyclic) bond motifs is 5. The van der Waals surface area contributed by atoms with Crippen LogP contribution in [0.4, 0.5) is 0 Å². The number of aliphatic hydroxyl groups is 3. The third-order valence-corrected chi connectivity index (χ3v) is 9.20. The SMILES string of the molecule is CC(CO)[C@@]1(O)CC[C@H]2[C@@H]3CCC4=CC(=O)CC[C@]4(C)[C@H]3[C@@H](O)C[C@@]21C. The summed E-state index contributed by atoms with van der Waals surface area (Å²) in [5.74, 6) is 1.01. The van der Waals surface area contributed by atoms with Crippen LogP contribution in [0.2, 0.25) is 0 Å². The van der Waals surface area contributed by atoms with E-state index in [1.54, 1.807) is 0 Å². The second-order valence-corrected chi connectivity index (χ2v) is 10.1. The molecule has 0 amide bonds. The number of ketones is 1. The summed E-state index contributed by atoms with van der Waals surface area (Å²) >= 11 is 0. The standard InChI is InChI=1S/C22H34O4/c1-13(12-23)22(26)9-7-17-16-5-4-14-10-15(24)6-8-20(14,2)19(16)18(25)11-21(17,22)3/h10,13,16-19,23,25-26H,4-9,11-12H2,1-3H3/t13?,16-,17-,18-,19+,20-,21-,22-/m0/s1. The molecule has 0 aliphatic heterocycles. The molecule has 0 radical (unpaired) electrons. The van der Waals surface area contributed by atoms with Crippen LogP contribution in [0.25, 0.3) is 0 Å². The van der Waals surface area contributed by atoms with E-state index in [1.807, 2.05) is 13.0 Å². The summed E-state index contributed by atoms with van der Waals surface area (Å²) in [7, 11) is 0. The van der Waals surface area contributed by atoms with Crippen LogP contribution in [0, 0.1) is 34.5 Å². The lowest BCUT2D eigenvalue weighted by Crippen LogP contribution is -2.61. The Hall–Kier alpha value is -0.710. The normalized spacial score (nSPS) is 51.9. The van der Waals surface area contributed by atoms with E-state index in [9.17, 15) is 20.1 Å². The third-order valence-electron chi connectivity index (χ3n) is 9.20. The average molecular weight is 363 g/mol. The smallest absolute Gasteiger partial charge is 0.155 e. The quantitative estimate of drug-likeness (QED) is 0.706. The van der Waals surface area contributed by atoms with Gasteiger partial charge in [-0.05, 0) is 67.8 Å². The Morgan fingerprint density at radius 3 is 2.65 bits per heavy atom. The van der Waals surface area contributed by atoms with Crippen LogP contribution in [0.5, 0.6) is 0 Å². The van der Waals surface area contributed by atoms with Gasteiger partial charge in [0.1, 0.15) is 0 Å². The molecule has 0 bridgehead atoms. The third kappa shape index (κ3) is 2.21. The number of allylic oxidation sites excluding steroid dienone is 1. The molecule has 3 fully saturated rings. The lowest BCUT2D eigenvalue weighted by atomic mass is 9.45. The Morgan fingerprint density at radius 1 is 1.23 bits per heavy atom. The first kappa shape index (κ1) is 18.6. The number of hydrogen-bond donors (Lipinski definition) is 3. The topological polar surface area (TPSA) is 77.8 Å². The van der Waals surface area contributed by atoms with Crippen LogP contribution < -0.4 is 0 Å². The van der Waals surface area contributed by atoms with Gasteiger partial charge in [-0.2, -0.15) is 0 Å². The van der Waals surface area contributed by atoms with Gasteiger partial charge in [0, 0.05) is 24.4 Å². The number of hydrogen-bond acceptors (Lipinski definition) is 4. The van der Waals surface area contributed by atoms with Crippen molar-refractivity contribution in [2.24, 2.45) is 34.5 Å². The fraction of sp³-hybridized carbons (Fsp3) is 0.864. The molecule has 146 valence electrons. The second kappa shape index (κ2) is 5.89. The number of rotatable bonds is 2. The Labute approximate surface area is 156 Å². The van der Waals surface area contributed by atoms with Crippen LogP contribution in [0.15, 0.2) is 11.6 Å². The second-order valence-electron chi connectivity index (χ2n) is 10.1. The van der Waals surface area contributed by atoms with Gasteiger partial charge >= 0.3 is 0 Å². The lowest BCUT2D eigenvalue weighted by molar-refractivity contribution is -0.190. The van der Waals surface area contributed by atoms with Gasteiger partial charge in [-0.3, -0.25) is 4.79 Å². The van der Waals surface area contributed by atoms with E-state index in [0.717, 1.165) is 25.7 Å². The zero-order valence-electron chi connectivity index (χ0n) is 16.4. The summed E-state index contributed by atoms with van der Waals surface area (Å²) in [6.45, 7) is 6.32. The molecule has 8 atom stereocenters. The molecule has 0 saturated heterocycles. The minimum Gasteiger partial charge on any atom is -0.396 e. The van der Waals surface area contributed by atoms with Crippen molar-refractivity contribution in [1.82, 2.24) is 0 Å². The monoisotopic (exact) mass is 362 g/mol. The van der Waals surface area contributed by atoms with Crippen molar-refractivity contribution in [3.05, 3.63) is 11.6 Å². The summed E-state index contributed by atoms with van der Waals surface area (Å²) in [4.78, 5) is 11.9. The summed E-state index contributed by atoms with van der Waals surface area (Å²) < 4.78 is 0. The summed E-state index contributed by atoms with van der Waals surface area (Å²) in [5.41, 5.74) is -0.0917. The zero-order chi connectivity index (χ0) is 18.9. The molecular formula is C22H34O4. The fourth-order valence-corrected chi connectivity index (χ4v) is 7.69. The van der Waals surface area contributed by atoms with Crippen LogP contribution in [-0.2, 0) is 4.79 Å². The Morgan fingerprint density at radius 2 is 1.96 bits per heavy atom. The van der Waals surface area contributed by atoms with Crippen LogP contribution in [0.3, 0.4) is 0 Å². The Bertz CT molecular complexity index is 642. The minimum absolute atomic E-state index is 0.0181. The number of carbonyl (C=O) groups excluding carboxylic acids is 1.